The second kappa shape index (κ2) is 11.2. The Morgan fingerprint density at radius 1 is 0.721 bits per heavy atom. The van der Waals surface area contributed by atoms with E-state index in [4.69, 9.17) is 0 Å². The van der Waals surface area contributed by atoms with Crippen LogP contribution in [-0.2, 0) is 0 Å². The highest BCUT2D eigenvalue weighted by Gasteiger charge is 2.31. The van der Waals surface area contributed by atoms with Crippen LogP contribution in [0, 0.1) is 11.8 Å². The van der Waals surface area contributed by atoms with Gasteiger partial charge in [-0.05, 0) is 74.1 Å². The molecule has 0 fully saturated rings. The van der Waals surface area contributed by atoms with Crippen molar-refractivity contribution >= 4 is 38.0 Å². The van der Waals surface area contributed by atoms with Gasteiger partial charge in [0.05, 0.1) is 5.69 Å². The summed E-state index contributed by atoms with van der Waals surface area (Å²) in [6.45, 7) is 8.16. The summed E-state index contributed by atoms with van der Waals surface area (Å²) in [5.41, 5.74) is 8.36. The minimum atomic E-state index is -0.119. The van der Waals surface area contributed by atoms with E-state index in [2.05, 4.69) is 158 Å². The molecule has 43 heavy (non-hydrogen) atoms. The highest BCUT2D eigenvalue weighted by molar-refractivity contribution is 6.14. The summed E-state index contributed by atoms with van der Waals surface area (Å²) in [5.74, 6) is 7.08. The maximum atomic E-state index is 4.03. The van der Waals surface area contributed by atoms with Crippen molar-refractivity contribution < 1.29 is 0 Å². The molecule has 1 heterocycles. The molecule has 6 aromatic carbocycles. The van der Waals surface area contributed by atoms with Gasteiger partial charge in [-0.1, -0.05) is 134 Å². The van der Waals surface area contributed by atoms with Gasteiger partial charge >= 0.3 is 0 Å². The first-order valence-corrected chi connectivity index (χ1v) is 15.0. The highest BCUT2D eigenvalue weighted by atomic mass is 15.2. The van der Waals surface area contributed by atoms with Crippen molar-refractivity contribution in [3.63, 3.8) is 0 Å². The molecule has 7 rings (SSSR count). The first kappa shape index (κ1) is 26.6. The quantitative estimate of drug-likeness (QED) is 0.120. The third-order valence-electron chi connectivity index (χ3n) is 8.32. The zero-order valence-electron chi connectivity index (χ0n) is 24.6. The van der Waals surface area contributed by atoms with Crippen LogP contribution >= 0.6 is 0 Å². The van der Waals surface area contributed by atoms with E-state index in [9.17, 15) is 0 Å². The number of benzene rings is 6. The summed E-state index contributed by atoms with van der Waals surface area (Å²) >= 11 is 0. The second-order valence-corrected chi connectivity index (χ2v) is 11.2. The van der Waals surface area contributed by atoms with Crippen molar-refractivity contribution in [1.82, 2.24) is 0 Å². The number of fused-ring (bicyclic) bond motifs is 8. The van der Waals surface area contributed by atoms with Crippen LogP contribution in [0.2, 0.25) is 0 Å². The summed E-state index contributed by atoms with van der Waals surface area (Å²) in [5, 5.41) is 7.55. The van der Waals surface area contributed by atoms with Crippen molar-refractivity contribution in [2.24, 2.45) is 0 Å². The lowest BCUT2D eigenvalue weighted by Crippen LogP contribution is -2.27. The average Bonchev–Trinajstić information content (AvgIpc) is 3.05. The predicted octanol–water partition coefficient (Wildman–Crippen LogP) is 11.4. The second-order valence-electron chi connectivity index (χ2n) is 11.2. The van der Waals surface area contributed by atoms with Crippen LogP contribution in [0.1, 0.15) is 31.9 Å². The Balaban J connectivity index is 1.51. The molecule has 0 aliphatic carbocycles. The van der Waals surface area contributed by atoms with E-state index in [1.54, 1.807) is 0 Å². The molecule has 0 radical (unpaired) electrons. The predicted molar refractivity (Wildman–Crippen MR) is 186 cm³/mol. The Kier molecular flexibility index (Phi) is 6.90. The number of anilines is 1. The molecule has 0 spiro atoms. The number of hydrogen-bond donors (Lipinski definition) is 0. The van der Waals surface area contributed by atoms with E-state index in [-0.39, 0.29) is 6.04 Å². The fraction of sp³-hybridized carbons (Fsp3) is 0.0952. The monoisotopic (exact) mass is 551 g/mol. The third-order valence-corrected chi connectivity index (χ3v) is 8.32. The van der Waals surface area contributed by atoms with E-state index in [1.165, 1.54) is 60.1 Å². The molecule has 0 amide bonds. The molecule has 1 heteroatoms. The first-order valence-electron chi connectivity index (χ1n) is 15.0. The van der Waals surface area contributed by atoms with Gasteiger partial charge in [0, 0.05) is 23.7 Å². The number of hydrogen-bond acceptors (Lipinski definition) is 1. The molecule has 0 N–H and O–H groups in total. The smallest absolute Gasteiger partial charge is 0.121 e. The summed E-state index contributed by atoms with van der Waals surface area (Å²) in [6.07, 6.45) is 9.19. The van der Waals surface area contributed by atoms with E-state index >= 15 is 0 Å². The van der Waals surface area contributed by atoms with Crippen LogP contribution in [0.3, 0.4) is 0 Å². The van der Waals surface area contributed by atoms with Gasteiger partial charge in [-0.2, -0.15) is 0 Å². The molecule has 1 aliphatic heterocycles. The van der Waals surface area contributed by atoms with E-state index in [0.29, 0.717) is 0 Å². The minimum absolute atomic E-state index is 0.119. The normalized spacial score (nSPS) is 14.3. The van der Waals surface area contributed by atoms with Crippen LogP contribution in [0.5, 0.6) is 0 Å². The van der Waals surface area contributed by atoms with Crippen molar-refractivity contribution in [3.8, 4) is 34.1 Å². The molecule has 6 aromatic rings. The number of rotatable bonds is 4. The average molecular weight is 552 g/mol. The van der Waals surface area contributed by atoms with Crippen LogP contribution in [0.25, 0.3) is 54.6 Å². The summed E-state index contributed by atoms with van der Waals surface area (Å²) in [7, 11) is 0. The fourth-order valence-corrected chi connectivity index (χ4v) is 6.41. The maximum absolute atomic E-state index is 4.03. The van der Waals surface area contributed by atoms with Crippen molar-refractivity contribution in [1.29, 1.82) is 0 Å². The third kappa shape index (κ3) is 4.72. The van der Waals surface area contributed by atoms with Gasteiger partial charge in [0.2, 0.25) is 0 Å². The lowest BCUT2D eigenvalue weighted by molar-refractivity contribution is 0.866. The molecule has 0 saturated carbocycles. The lowest BCUT2D eigenvalue weighted by Gasteiger charge is -2.36. The molecular formula is C42H33N. The summed E-state index contributed by atoms with van der Waals surface area (Å²) < 4.78 is 0. The molecule has 0 bridgehead atoms. The summed E-state index contributed by atoms with van der Waals surface area (Å²) in [6, 6.07) is 39.8. The Morgan fingerprint density at radius 3 is 2.21 bits per heavy atom. The van der Waals surface area contributed by atoms with Crippen LogP contribution < -0.4 is 4.90 Å². The van der Waals surface area contributed by atoms with Crippen LogP contribution in [-0.4, -0.2) is 0 Å². The Hall–Kier alpha value is -5.32. The highest BCUT2D eigenvalue weighted by Crippen LogP contribution is 2.49. The molecule has 1 unspecified atom stereocenters. The Morgan fingerprint density at radius 2 is 1.42 bits per heavy atom. The zero-order valence-corrected chi connectivity index (χ0v) is 24.6. The molecule has 206 valence electrons. The zero-order chi connectivity index (χ0) is 29.3. The fourth-order valence-electron chi connectivity index (χ4n) is 6.41. The number of allylic oxidation sites excluding steroid dienone is 4. The van der Waals surface area contributed by atoms with Gasteiger partial charge in [-0.3, -0.25) is 0 Å². The standard InChI is InChI=1S/C42H33N/c1-4-5-21-40-42-34-18-9-6-15-30(34)22-25-38(42)37-24-23-32(28-41(37)43(40)26-13-12-14-29(2)3)39-27-31-16-7-8-17-33(31)35-19-10-11-20-36(35)39/h6-20,22-28,40H,2,4H2,1,3H3/b14-12-,26-13-. The van der Waals surface area contributed by atoms with Gasteiger partial charge in [-0.15, -0.1) is 5.92 Å². The van der Waals surface area contributed by atoms with Crippen molar-refractivity contribution in [3.05, 3.63) is 151 Å². The molecule has 0 saturated heterocycles. The lowest BCUT2D eigenvalue weighted by atomic mass is 9.83. The maximum Gasteiger partial charge on any atom is 0.121 e. The van der Waals surface area contributed by atoms with E-state index in [0.717, 1.165) is 17.7 Å². The van der Waals surface area contributed by atoms with Gasteiger partial charge < -0.3 is 4.90 Å². The molecule has 1 aliphatic rings. The van der Waals surface area contributed by atoms with E-state index < -0.39 is 0 Å². The molecular weight excluding hydrogens is 518 g/mol. The van der Waals surface area contributed by atoms with E-state index in [1.807, 2.05) is 13.0 Å². The Bertz CT molecular complexity index is 2170. The minimum Gasteiger partial charge on any atom is -0.329 e. The van der Waals surface area contributed by atoms with Crippen molar-refractivity contribution in [2.75, 3.05) is 4.90 Å². The van der Waals surface area contributed by atoms with Gasteiger partial charge in [0.25, 0.3) is 0 Å². The van der Waals surface area contributed by atoms with Crippen LogP contribution in [0.4, 0.5) is 5.69 Å². The molecule has 0 aromatic heterocycles. The first-order chi connectivity index (χ1) is 21.1. The van der Waals surface area contributed by atoms with Crippen LogP contribution in [0.15, 0.2) is 146 Å². The van der Waals surface area contributed by atoms with Gasteiger partial charge in [0.15, 0.2) is 0 Å². The van der Waals surface area contributed by atoms with Gasteiger partial charge in [-0.25, -0.2) is 0 Å². The molecule has 1 atom stereocenters. The van der Waals surface area contributed by atoms with Crippen molar-refractivity contribution in [2.45, 2.75) is 26.3 Å². The SMILES string of the molecule is C=C(C)/C=C\C=C/N1c2cc(-c3cc4ccccc4c4ccccc34)ccc2-c2ccc3ccccc3c2C1C#CCC. The van der Waals surface area contributed by atoms with Gasteiger partial charge in [0.1, 0.15) is 6.04 Å². The largest absolute Gasteiger partial charge is 0.329 e. The summed E-state index contributed by atoms with van der Waals surface area (Å²) in [4.78, 5) is 2.36. The Labute approximate surface area is 254 Å². The topological polar surface area (TPSA) is 3.24 Å². The number of nitrogens with zero attached hydrogens (tertiary/aromatic N) is 1. The molecule has 1 nitrogen and oxygen atoms in total.